The molecule has 1 aromatic heterocycles. The highest BCUT2D eigenvalue weighted by Crippen LogP contribution is 2.30. The average Bonchev–Trinajstić information content (AvgIpc) is 2.76. The first-order valence-electron chi connectivity index (χ1n) is 6.21. The van der Waals surface area contributed by atoms with Crippen LogP contribution in [0.1, 0.15) is 12.0 Å². The molecule has 0 spiro atoms. The van der Waals surface area contributed by atoms with Crippen LogP contribution >= 0.6 is 0 Å². The summed E-state index contributed by atoms with van der Waals surface area (Å²) in [5.41, 5.74) is 2.67. The van der Waals surface area contributed by atoms with Crippen LogP contribution in [0.3, 0.4) is 0 Å². The summed E-state index contributed by atoms with van der Waals surface area (Å²) in [5, 5.41) is 3.51. The molecule has 2 atom stereocenters. The lowest BCUT2D eigenvalue weighted by Crippen LogP contribution is -2.40. The van der Waals surface area contributed by atoms with Crippen LogP contribution in [0.5, 0.6) is 0 Å². The van der Waals surface area contributed by atoms with Gasteiger partial charge in [-0.2, -0.15) is 0 Å². The summed E-state index contributed by atoms with van der Waals surface area (Å²) in [6.07, 6.45) is 5.20. The fraction of sp³-hybridized carbons (Fsp3) is 0.615. The molecule has 3 rings (SSSR count). The van der Waals surface area contributed by atoms with Crippen molar-refractivity contribution in [3.05, 3.63) is 24.0 Å². The first-order valence-corrected chi connectivity index (χ1v) is 6.21. The van der Waals surface area contributed by atoms with E-state index >= 15 is 0 Å². The number of fused-ring (bicyclic) bond motifs is 1. The third kappa shape index (κ3) is 1.69. The van der Waals surface area contributed by atoms with Crippen LogP contribution in [-0.4, -0.2) is 31.2 Å². The Morgan fingerprint density at radius 2 is 2.25 bits per heavy atom. The number of hydrogen-bond acceptors (Lipinski definition) is 3. The Labute approximate surface area is 96.9 Å². The molecule has 16 heavy (non-hydrogen) atoms. The van der Waals surface area contributed by atoms with Crippen molar-refractivity contribution in [1.29, 1.82) is 0 Å². The van der Waals surface area contributed by atoms with Gasteiger partial charge in [-0.1, -0.05) is 0 Å². The molecule has 3 heteroatoms. The van der Waals surface area contributed by atoms with Crippen molar-refractivity contribution in [2.45, 2.75) is 13.3 Å². The molecule has 2 aliphatic heterocycles. The third-order valence-corrected chi connectivity index (χ3v) is 4.04. The minimum atomic E-state index is 0.848. The number of anilines is 1. The SMILES string of the molecule is Cc1cnccc1N1CCC2CNCC2C1. The molecule has 1 aromatic rings. The predicted octanol–water partition coefficient (Wildman–Crippen LogP) is 1.44. The van der Waals surface area contributed by atoms with Gasteiger partial charge in [0.25, 0.3) is 0 Å². The highest BCUT2D eigenvalue weighted by atomic mass is 15.2. The summed E-state index contributed by atoms with van der Waals surface area (Å²) in [6, 6.07) is 2.15. The fourth-order valence-corrected chi connectivity index (χ4v) is 3.07. The molecule has 1 N–H and O–H groups in total. The zero-order valence-corrected chi connectivity index (χ0v) is 9.82. The van der Waals surface area contributed by atoms with E-state index < -0.39 is 0 Å². The van der Waals surface area contributed by atoms with Crippen LogP contribution < -0.4 is 10.2 Å². The van der Waals surface area contributed by atoms with Crippen molar-refractivity contribution < 1.29 is 0 Å². The van der Waals surface area contributed by atoms with Crippen molar-refractivity contribution in [3.63, 3.8) is 0 Å². The van der Waals surface area contributed by atoms with Gasteiger partial charge < -0.3 is 10.2 Å². The van der Waals surface area contributed by atoms with Crippen molar-refractivity contribution in [2.24, 2.45) is 11.8 Å². The second-order valence-corrected chi connectivity index (χ2v) is 5.08. The number of nitrogens with zero attached hydrogens (tertiary/aromatic N) is 2. The molecule has 0 aromatic carbocycles. The number of aryl methyl sites for hydroxylation is 1. The minimum Gasteiger partial charge on any atom is -0.371 e. The van der Waals surface area contributed by atoms with Crippen LogP contribution in [0.4, 0.5) is 5.69 Å². The van der Waals surface area contributed by atoms with Crippen LogP contribution in [0.2, 0.25) is 0 Å². The predicted molar refractivity (Wildman–Crippen MR) is 65.7 cm³/mol. The molecule has 0 radical (unpaired) electrons. The molecule has 3 heterocycles. The second-order valence-electron chi connectivity index (χ2n) is 5.08. The summed E-state index contributed by atoms with van der Waals surface area (Å²) < 4.78 is 0. The van der Waals surface area contributed by atoms with Gasteiger partial charge in [0.1, 0.15) is 0 Å². The van der Waals surface area contributed by atoms with Crippen LogP contribution in [-0.2, 0) is 0 Å². The zero-order chi connectivity index (χ0) is 11.0. The monoisotopic (exact) mass is 217 g/mol. The topological polar surface area (TPSA) is 28.2 Å². The molecule has 0 aliphatic carbocycles. The molecular weight excluding hydrogens is 198 g/mol. The normalized spacial score (nSPS) is 29.2. The van der Waals surface area contributed by atoms with Gasteiger partial charge in [-0.25, -0.2) is 0 Å². The number of nitrogens with one attached hydrogen (secondary N) is 1. The molecule has 2 saturated heterocycles. The first-order chi connectivity index (χ1) is 7.84. The first kappa shape index (κ1) is 10.1. The van der Waals surface area contributed by atoms with Gasteiger partial charge in [0.05, 0.1) is 0 Å². The van der Waals surface area contributed by atoms with Gasteiger partial charge in [-0.15, -0.1) is 0 Å². The van der Waals surface area contributed by atoms with Crippen molar-refractivity contribution >= 4 is 5.69 Å². The van der Waals surface area contributed by atoms with Crippen molar-refractivity contribution in [3.8, 4) is 0 Å². The minimum absolute atomic E-state index is 0.848. The molecule has 86 valence electrons. The van der Waals surface area contributed by atoms with E-state index in [9.17, 15) is 0 Å². The van der Waals surface area contributed by atoms with Crippen LogP contribution in [0, 0.1) is 18.8 Å². The summed E-state index contributed by atoms with van der Waals surface area (Å²) in [5.74, 6) is 1.76. The maximum atomic E-state index is 4.17. The van der Waals surface area contributed by atoms with E-state index in [1.165, 1.54) is 43.9 Å². The Balaban J connectivity index is 1.79. The van der Waals surface area contributed by atoms with Crippen molar-refractivity contribution in [2.75, 3.05) is 31.1 Å². The number of piperidine rings is 1. The smallest absolute Gasteiger partial charge is 0.0426 e. The van der Waals surface area contributed by atoms with Gasteiger partial charge in [0.2, 0.25) is 0 Å². The molecule has 3 nitrogen and oxygen atoms in total. The van der Waals surface area contributed by atoms with E-state index in [4.69, 9.17) is 0 Å². The van der Waals surface area contributed by atoms with Gasteiger partial charge in [-0.3, -0.25) is 4.98 Å². The molecule has 2 fully saturated rings. The van der Waals surface area contributed by atoms with Crippen LogP contribution in [0.25, 0.3) is 0 Å². The fourth-order valence-electron chi connectivity index (χ4n) is 3.07. The van der Waals surface area contributed by atoms with E-state index in [1.807, 2.05) is 12.4 Å². The molecule has 2 aliphatic rings. The number of aromatic nitrogens is 1. The molecule has 0 saturated carbocycles. The number of hydrogen-bond donors (Lipinski definition) is 1. The lowest BCUT2D eigenvalue weighted by molar-refractivity contribution is 0.348. The maximum Gasteiger partial charge on any atom is 0.0426 e. The van der Waals surface area contributed by atoms with E-state index in [0.29, 0.717) is 0 Å². The molecule has 0 bridgehead atoms. The summed E-state index contributed by atoms with van der Waals surface area (Å²) in [6.45, 7) is 7.00. The zero-order valence-electron chi connectivity index (χ0n) is 9.82. The highest BCUT2D eigenvalue weighted by molar-refractivity contribution is 5.52. The van der Waals surface area contributed by atoms with Gasteiger partial charge in [0, 0.05) is 31.2 Å². The van der Waals surface area contributed by atoms with Gasteiger partial charge >= 0.3 is 0 Å². The van der Waals surface area contributed by atoms with Crippen LogP contribution in [0.15, 0.2) is 18.5 Å². The van der Waals surface area contributed by atoms with E-state index in [-0.39, 0.29) is 0 Å². The van der Waals surface area contributed by atoms with Gasteiger partial charge in [-0.05, 0) is 49.9 Å². The Morgan fingerprint density at radius 1 is 1.38 bits per heavy atom. The number of rotatable bonds is 1. The maximum absolute atomic E-state index is 4.17. The Morgan fingerprint density at radius 3 is 3.12 bits per heavy atom. The van der Waals surface area contributed by atoms with Gasteiger partial charge in [0.15, 0.2) is 0 Å². The summed E-state index contributed by atoms with van der Waals surface area (Å²) >= 11 is 0. The lowest BCUT2D eigenvalue weighted by atomic mass is 9.88. The Bertz CT molecular complexity index is 377. The van der Waals surface area contributed by atoms with E-state index in [1.54, 1.807) is 0 Å². The Hall–Kier alpha value is -1.09. The Kier molecular flexibility index (Phi) is 2.56. The molecule has 0 amide bonds. The number of pyridine rings is 1. The quantitative estimate of drug-likeness (QED) is 0.771. The van der Waals surface area contributed by atoms with E-state index in [0.717, 1.165) is 11.8 Å². The highest BCUT2D eigenvalue weighted by Gasteiger charge is 2.32. The third-order valence-electron chi connectivity index (χ3n) is 4.04. The molecule has 2 unspecified atom stereocenters. The average molecular weight is 217 g/mol. The summed E-state index contributed by atoms with van der Waals surface area (Å²) in [4.78, 5) is 6.70. The molecular formula is C13H19N3. The standard InChI is InChI=1S/C13H19N3/c1-10-6-14-4-2-13(10)16-5-3-11-7-15-8-12(11)9-16/h2,4,6,11-12,15H,3,5,7-9H2,1H3. The lowest BCUT2D eigenvalue weighted by Gasteiger charge is -2.36. The van der Waals surface area contributed by atoms with Crippen molar-refractivity contribution in [1.82, 2.24) is 10.3 Å². The largest absolute Gasteiger partial charge is 0.371 e. The summed E-state index contributed by atoms with van der Waals surface area (Å²) in [7, 11) is 0. The van der Waals surface area contributed by atoms with E-state index in [2.05, 4.69) is 28.2 Å². The second kappa shape index (κ2) is 4.06.